The van der Waals surface area contributed by atoms with E-state index in [-0.39, 0.29) is 36.1 Å². The Kier molecular flexibility index (Phi) is 6.07. The zero-order valence-corrected chi connectivity index (χ0v) is 18.8. The van der Waals surface area contributed by atoms with Crippen molar-refractivity contribution in [3.63, 3.8) is 0 Å². The van der Waals surface area contributed by atoms with E-state index in [0.717, 1.165) is 60.6 Å². The number of rotatable bonds is 7. The number of fused-ring (bicyclic) bond motifs is 1. The Morgan fingerprint density at radius 3 is 2.45 bits per heavy atom. The molecular formula is C27H31N3O3. The molecule has 3 aromatic rings. The molecule has 2 fully saturated rings. The average molecular weight is 446 g/mol. The maximum absolute atomic E-state index is 13.7. The van der Waals surface area contributed by atoms with Crippen LogP contribution in [0.2, 0.25) is 0 Å². The third kappa shape index (κ3) is 4.75. The molecule has 6 nitrogen and oxygen atoms in total. The number of amides is 2. The van der Waals surface area contributed by atoms with Crippen molar-refractivity contribution in [1.29, 1.82) is 0 Å². The van der Waals surface area contributed by atoms with Crippen LogP contribution in [0.25, 0.3) is 10.9 Å². The van der Waals surface area contributed by atoms with Crippen LogP contribution in [0, 0.1) is 0 Å². The van der Waals surface area contributed by atoms with Crippen LogP contribution in [-0.2, 0) is 16.0 Å². The van der Waals surface area contributed by atoms with E-state index in [1.807, 2.05) is 30.5 Å². The van der Waals surface area contributed by atoms with Gasteiger partial charge in [-0.2, -0.15) is 0 Å². The highest BCUT2D eigenvalue weighted by Crippen LogP contribution is 2.36. The number of phenolic OH excluding ortho intramolecular Hbond substituents is 1. The summed E-state index contributed by atoms with van der Waals surface area (Å²) in [5.74, 6) is -0.0147. The molecule has 6 heteroatoms. The first-order valence-electron chi connectivity index (χ1n) is 12.1. The zero-order chi connectivity index (χ0) is 22.8. The van der Waals surface area contributed by atoms with Gasteiger partial charge < -0.3 is 20.3 Å². The Bertz CT molecular complexity index is 1130. The van der Waals surface area contributed by atoms with Crippen molar-refractivity contribution in [1.82, 2.24) is 15.2 Å². The summed E-state index contributed by atoms with van der Waals surface area (Å²) in [5.41, 5.74) is 2.68. The second kappa shape index (κ2) is 9.30. The third-order valence-corrected chi connectivity index (χ3v) is 6.93. The molecular weight excluding hydrogens is 414 g/mol. The maximum atomic E-state index is 13.7. The highest BCUT2D eigenvalue weighted by Gasteiger charge is 2.41. The lowest BCUT2D eigenvalue weighted by Crippen LogP contribution is -2.48. The summed E-state index contributed by atoms with van der Waals surface area (Å²) in [4.78, 5) is 32.4. The number of phenols is 1. The van der Waals surface area contributed by atoms with Crippen LogP contribution < -0.4 is 5.32 Å². The Morgan fingerprint density at radius 1 is 1.00 bits per heavy atom. The normalized spacial score (nSPS) is 17.6. The second-order valence-corrected chi connectivity index (χ2v) is 9.41. The predicted octanol–water partition coefficient (Wildman–Crippen LogP) is 4.60. The van der Waals surface area contributed by atoms with Gasteiger partial charge in [0.05, 0.1) is 6.42 Å². The summed E-state index contributed by atoms with van der Waals surface area (Å²) in [7, 11) is 0. The molecule has 1 aromatic heterocycles. The molecule has 0 bridgehead atoms. The number of para-hydroxylation sites is 1. The van der Waals surface area contributed by atoms with Gasteiger partial charge in [-0.15, -0.1) is 0 Å². The lowest BCUT2D eigenvalue weighted by atomic mass is 9.94. The quantitative estimate of drug-likeness (QED) is 0.497. The fraction of sp³-hybridized carbons (Fsp3) is 0.407. The van der Waals surface area contributed by atoms with Crippen LogP contribution in [0.4, 0.5) is 0 Å². The molecule has 1 atom stereocenters. The highest BCUT2D eigenvalue weighted by molar-refractivity contribution is 5.93. The summed E-state index contributed by atoms with van der Waals surface area (Å²) < 4.78 is 0. The van der Waals surface area contributed by atoms with Crippen molar-refractivity contribution >= 4 is 22.7 Å². The minimum Gasteiger partial charge on any atom is -0.508 e. The van der Waals surface area contributed by atoms with Gasteiger partial charge in [-0.05, 0) is 55.0 Å². The maximum Gasteiger partial charge on any atom is 0.247 e. The van der Waals surface area contributed by atoms with Crippen molar-refractivity contribution in [2.45, 2.75) is 69.5 Å². The molecule has 2 aliphatic rings. The monoisotopic (exact) mass is 445 g/mol. The van der Waals surface area contributed by atoms with Crippen molar-refractivity contribution < 1.29 is 14.7 Å². The number of aromatic hydroxyl groups is 1. The highest BCUT2D eigenvalue weighted by atomic mass is 16.3. The number of aromatic amines is 1. The molecule has 2 aliphatic carbocycles. The first kappa shape index (κ1) is 21.6. The Labute approximate surface area is 194 Å². The summed E-state index contributed by atoms with van der Waals surface area (Å²) >= 11 is 0. The molecule has 2 amide bonds. The van der Waals surface area contributed by atoms with Crippen LogP contribution in [0.5, 0.6) is 5.75 Å². The van der Waals surface area contributed by atoms with Crippen molar-refractivity contribution in [3.05, 3.63) is 65.9 Å². The number of carbonyl (C=O) groups is 2. The van der Waals surface area contributed by atoms with Gasteiger partial charge in [-0.3, -0.25) is 9.59 Å². The number of H-pyrrole nitrogens is 1. The predicted molar refractivity (Wildman–Crippen MR) is 128 cm³/mol. The molecule has 2 aromatic carbocycles. The number of aromatic nitrogens is 1. The fourth-order valence-corrected chi connectivity index (χ4v) is 5.07. The molecule has 2 saturated carbocycles. The summed E-state index contributed by atoms with van der Waals surface area (Å²) in [6.45, 7) is 0. The zero-order valence-electron chi connectivity index (χ0n) is 18.8. The summed E-state index contributed by atoms with van der Waals surface area (Å²) in [6.07, 6.45) is 9.39. The van der Waals surface area contributed by atoms with Gasteiger partial charge in [-0.1, -0.05) is 49.6 Å². The number of carbonyl (C=O) groups excluding carboxylic acids is 2. The van der Waals surface area contributed by atoms with Crippen LogP contribution in [0.15, 0.2) is 54.7 Å². The van der Waals surface area contributed by atoms with E-state index in [0.29, 0.717) is 0 Å². The molecule has 33 heavy (non-hydrogen) atoms. The second-order valence-electron chi connectivity index (χ2n) is 9.41. The van der Waals surface area contributed by atoms with Crippen LogP contribution in [-0.4, -0.2) is 38.9 Å². The minimum atomic E-state index is -0.697. The molecule has 1 heterocycles. The standard InChI is InChI=1S/C27H31N3O3/c31-22-14-10-18(11-15-22)26(27(33)29-20-6-2-1-3-7-20)30(21-12-13-21)25(32)16-19-17-28-24-9-5-4-8-23(19)24/h4-5,8-11,14-15,17,20-21,26,28,31H,1-3,6-7,12-13,16H2,(H,29,33)/t26-/m0/s1. The molecule has 172 valence electrons. The SMILES string of the molecule is O=C(NC1CCCCC1)[C@H](c1ccc(O)cc1)N(C(=O)Cc1c[nH]c2ccccc12)C1CC1. The van der Waals surface area contributed by atoms with E-state index in [4.69, 9.17) is 0 Å². The molecule has 3 N–H and O–H groups in total. The molecule has 0 spiro atoms. The lowest BCUT2D eigenvalue weighted by Gasteiger charge is -2.33. The van der Waals surface area contributed by atoms with E-state index in [9.17, 15) is 14.7 Å². The van der Waals surface area contributed by atoms with Gasteiger partial charge in [0, 0.05) is 29.2 Å². The summed E-state index contributed by atoms with van der Waals surface area (Å²) in [6, 6.07) is 14.2. The fourth-order valence-electron chi connectivity index (χ4n) is 5.07. The van der Waals surface area contributed by atoms with Gasteiger partial charge in [-0.25, -0.2) is 0 Å². The smallest absolute Gasteiger partial charge is 0.247 e. The van der Waals surface area contributed by atoms with E-state index >= 15 is 0 Å². The number of nitrogens with one attached hydrogen (secondary N) is 2. The largest absolute Gasteiger partial charge is 0.508 e. The van der Waals surface area contributed by atoms with Crippen molar-refractivity contribution in [3.8, 4) is 5.75 Å². The number of hydrogen-bond acceptors (Lipinski definition) is 3. The molecule has 0 unspecified atom stereocenters. The van der Waals surface area contributed by atoms with Gasteiger partial charge in [0.15, 0.2) is 0 Å². The van der Waals surface area contributed by atoms with Crippen molar-refractivity contribution in [2.24, 2.45) is 0 Å². The number of nitrogens with zero attached hydrogens (tertiary/aromatic N) is 1. The Balaban J connectivity index is 1.44. The van der Waals surface area contributed by atoms with Crippen LogP contribution in [0.3, 0.4) is 0 Å². The van der Waals surface area contributed by atoms with E-state index in [1.165, 1.54) is 6.42 Å². The average Bonchev–Trinajstić information content (AvgIpc) is 3.59. The number of benzene rings is 2. The molecule has 0 saturated heterocycles. The van der Waals surface area contributed by atoms with Gasteiger partial charge in [0.25, 0.3) is 0 Å². The van der Waals surface area contributed by atoms with Gasteiger partial charge in [0.2, 0.25) is 11.8 Å². The van der Waals surface area contributed by atoms with E-state index in [1.54, 1.807) is 29.2 Å². The lowest BCUT2D eigenvalue weighted by molar-refractivity contribution is -0.141. The molecule has 0 radical (unpaired) electrons. The third-order valence-electron chi connectivity index (χ3n) is 6.93. The molecule has 0 aliphatic heterocycles. The van der Waals surface area contributed by atoms with Crippen LogP contribution >= 0.6 is 0 Å². The molecule has 5 rings (SSSR count). The topological polar surface area (TPSA) is 85.4 Å². The first-order valence-corrected chi connectivity index (χ1v) is 12.1. The Morgan fingerprint density at radius 2 is 1.73 bits per heavy atom. The Hall–Kier alpha value is -3.28. The first-order chi connectivity index (χ1) is 16.1. The number of hydrogen-bond donors (Lipinski definition) is 3. The van der Waals surface area contributed by atoms with Crippen molar-refractivity contribution in [2.75, 3.05) is 0 Å². The minimum absolute atomic E-state index is 0.0425. The van der Waals surface area contributed by atoms with Gasteiger partial charge >= 0.3 is 0 Å². The van der Waals surface area contributed by atoms with Gasteiger partial charge in [0.1, 0.15) is 11.8 Å². The summed E-state index contributed by atoms with van der Waals surface area (Å²) in [5, 5.41) is 14.1. The van der Waals surface area contributed by atoms with E-state index < -0.39 is 6.04 Å². The van der Waals surface area contributed by atoms with E-state index in [2.05, 4.69) is 10.3 Å². The van der Waals surface area contributed by atoms with Crippen LogP contribution in [0.1, 0.15) is 62.1 Å².